The van der Waals surface area contributed by atoms with Gasteiger partial charge >= 0.3 is 0 Å². The zero-order valence-electron chi connectivity index (χ0n) is 5.72. The van der Waals surface area contributed by atoms with Gasteiger partial charge in [-0.2, -0.15) is 0 Å². The molecule has 0 aromatic rings. The van der Waals surface area contributed by atoms with Crippen molar-refractivity contribution in [1.82, 2.24) is 0 Å². The summed E-state index contributed by atoms with van der Waals surface area (Å²) in [5.74, 6) is 2.76. The lowest BCUT2D eigenvalue weighted by Gasteiger charge is -2.34. The minimum atomic E-state index is -0.835. The first kappa shape index (κ1) is 6.64. The van der Waals surface area contributed by atoms with Crippen molar-refractivity contribution in [3.05, 3.63) is 0 Å². The van der Waals surface area contributed by atoms with Gasteiger partial charge in [0.1, 0.15) is 5.60 Å². The summed E-state index contributed by atoms with van der Waals surface area (Å²) in [5.41, 5.74) is -0.835. The fraction of sp³-hybridized carbons (Fsp3) is 0.750. The van der Waals surface area contributed by atoms with Gasteiger partial charge in [0.2, 0.25) is 0 Å². The molecule has 0 radical (unpaired) electrons. The first-order chi connectivity index (χ1) is 4.17. The largest absolute Gasteiger partial charge is 0.378 e. The normalized spacial score (nSPS) is 25.9. The maximum absolute atomic E-state index is 9.41. The predicted octanol–water partition coefficient (Wildman–Crippen LogP) is 1.17. The van der Waals surface area contributed by atoms with Crippen LogP contribution in [-0.4, -0.2) is 10.7 Å². The van der Waals surface area contributed by atoms with E-state index in [0.717, 1.165) is 12.8 Å². The molecular weight excluding hydrogens is 112 g/mol. The topological polar surface area (TPSA) is 20.2 Å². The van der Waals surface area contributed by atoms with Gasteiger partial charge in [-0.3, -0.25) is 0 Å². The number of rotatable bonds is 1. The fourth-order valence-electron chi connectivity index (χ4n) is 1.09. The van der Waals surface area contributed by atoms with Gasteiger partial charge in [-0.15, -0.1) is 6.42 Å². The van der Waals surface area contributed by atoms with Crippen LogP contribution in [0, 0.1) is 18.3 Å². The minimum Gasteiger partial charge on any atom is -0.378 e. The van der Waals surface area contributed by atoms with Crippen molar-refractivity contribution in [2.24, 2.45) is 5.92 Å². The molecular formula is C8H12O. The van der Waals surface area contributed by atoms with Gasteiger partial charge in [-0.25, -0.2) is 0 Å². The molecule has 0 aromatic carbocycles. The molecule has 1 atom stereocenters. The van der Waals surface area contributed by atoms with E-state index in [1.807, 2.05) is 0 Å². The van der Waals surface area contributed by atoms with Gasteiger partial charge in [-0.1, -0.05) is 12.3 Å². The monoisotopic (exact) mass is 124 g/mol. The summed E-state index contributed by atoms with van der Waals surface area (Å²) < 4.78 is 0. The van der Waals surface area contributed by atoms with Crippen molar-refractivity contribution in [2.45, 2.75) is 31.8 Å². The third-order valence-corrected chi connectivity index (χ3v) is 2.19. The smallest absolute Gasteiger partial charge is 0.125 e. The Kier molecular flexibility index (Phi) is 1.50. The van der Waals surface area contributed by atoms with Crippen molar-refractivity contribution in [1.29, 1.82) is 0 Å². The van der Waals surface area contributed by atoms with Gasteiger partial charge in [0.15, 0.2) is 0 Å². The van der Waals surface area contributed by atoms with Crippen LogP contribution in [0.3, 0.4) is 0 Å². The molecule has 9 heavy (non-hydrogen) atoms. The molecule has 1 heteroatoms. The Morgan fingerprint density at radius 1 is 1.67 bits per heavy atom. The molecule has 0 bridgehead atoms. The molecule has 1 aliphatic rings. The lowest BCUT2D eigenvalue weighted by molar-refractivity contribution is 0.0164. The number of terminal acetylenes is 1. The Bertz CT molecular complexity index is 137. The molecule has 1 fully saturated rings. The Labute approximate surface area is 56.1 Å². The highest BCUT2D eigenvalue weighted by Crippen LogP contribution is 2.35. The average molecular weight is 124 g/mol. The molecule has 50 valence electrons. The summed E-state index contributed by atoms with van der Waals surface area (Å²) in [5, 5.41) is 9.41. The number of hydrogen-bond acceptors (Lipinski definition) is 1. The van der Waals surface area contributed by atoms with E-state index in [-0.39, 0.29) is 0 Å². The molecule has 0 saturated heterocycles. The third kappa shape index (κ3) is 1.09. The highest BCUT2D eigenvalue weighted by atomic mass is 16.3. The predicted molar refractivity (Wildman–Crippen MR) is 36.8 cm³/mol. The average Bonchev–Trinajstić information content (AvgIpc) is 1.60. The summed E-state index contributed by atoms with van der Waals surface area (Å²) in [6.07, 6.45) is 8.53. The number of aliphatic hydroxyl groups is 1. The van der Waals surface area contributed by atoms with E-state index < -0.39 is 5.60 Å². The van der Waals surface area contributed by atoms with Crippen LogP contribution in [-0.2, 0) is 0 Å². The van der Waals surface area contributed by atoms with Crippen LogP contribution < -0.4 is 0 Å². The van der Waals surface area contributed by atoms with Gasteiger partial charge in [0.25, 0.3) is 0 Å². The van der Waals surface area contributed by atoms with Crippen molar-refractivity contribution < 1.29 is 5.11 Å². The van der Waals surface area contributed by atoms with E-state index in [9.17, 15) is 5.11 Å². The van der Waals surface area contributed by atoms with Gasteiger partial charge in [0.05, 0.1) is 0 Å². The van der Waals surface area contributed by atoms with Gasteiger partial charge in [0, 0.05) is 0 Å². The lowest BCUT2D eigenvalue weighted by atomic mass is 9.74. The first-order valence-electron chi connectivity index (χ1n) is 3.37. The second-order valence-corrected chi connectivity index (χ2v) is 2.92. The molecule has 0 spiro atoms. The fourth-order valence-corrected chi connectivity index (χ4v) is 1.09. The Morgan fingerprint density at radius 2 is 2.22 bits per heavy atom. The van der Waals surface area contributed by atoms with E-state index >= 15 is 0 Å². The molecule has 1 unspecified atom stereocenters. The summed E-state index contributed by atoms with van der Waals surface area (Å²) in [7, 11) is 0. The van der Waals surface area contributed by atoms with E-state index in [1.54, 1.807) is 6.92 Å². The molecule has 1 N–H and O–H groups in total. The SMILES string of the molecule is C#CC(C)(O)C1CCC1. The van der Waals surface area contributed by atoms with Crippen molar-refractivity contribution in [2.75, 3.05) is 0 Å². The molecule has 1 rings (SSSR count). The van der Waals surface area contributed by atoms with Gasteiger partial charge in [-0.05, 0) is 25.7 Å². The van der Waals surface area contributed by atoms with Crippen molar-refractivity contribution in [3.8, 4) is 12.3 Å². The van der Waals surface area contributed by atoms with Crippen LogP contribution in [0.4, 0.5) is 0 Å². The maximum Gasteiger partial charge on any atom is 0.125 e. The van der Waals surface area contributed by atoms with E-state index in [4.69, 9.17) is 6.42 Å². The summed E-state index contributed by atoms with van der Waals surface area (Å²) in [6, 6.07) is 0. The second kappa shape index (κ2) is 2.04. The standard InChI is InChI=1S/C8H12O/c1-3-8(2,9)7-5-4-6-7/h1,7,9H,4-6H2,2H3. The highest BCUT2D eigenvalue weighted by molar-refractivity contribution is 5.09. The Balaban J connectivity index is 2.50. The van der Waals surface area contributed by atoms with Gasteiger partial charge < -0.3 is 5.11 Å². The Morgan fingerprint density at radius 3 is 2.33 bits per heavy atom. The van der Waals surface area contributed by atoms with E-state index in [0.29, 0.717) is 5.92 Å². The summed E-state index contributed by atoms with van der Waals surface area (Å²) >= 11 is 0. The van der Waals surface area contributed by atoms with Crippen LogP contribution in [0.2, 0.25) is 0 Å². The van der Waals surface area contributed by atoms with Crippen LogP contribution >= 0.6 is 0 Å². The minimum absolute atomic E-state index is 0.363. The lowest BCUT2D eigenvalue weighted by Crippen LogP contribution is -2.37. The molecule has 0 amide bonds. The van der Waals surface area contributed by atoms with Crippen LogP contribution in [0.1, 0.15) is 26.2 Å². The van der Waals surface area contributed by atoms with Crippen molar-refractivity contribution >= 4 is 0 Å². The maximum atomic E-state index is 9.41. The van der Waals surface area contributed by atoms with Crippen LogP contribution in [0.15, 0.2) is 0 Å². The van der Waals surface area contributed by atoms with E-state index in [1.165, 1.54) is 6.42 Å². The summed E-state index contributed by atoms with van der Waals surface area (Å²) in [4.78, 5) is 0. The Hall–Kier alpha value is -0.480. The van der Waals surface area contributed by atoms with E-state index in [2.05, 4.69) is 5.92 Å². The molecule has 0 aromatic heterocycles. The molecule has 1 aliphatic carbocycles. The third-order valence-electron chi connectivity index (χ3n) is 2.19. The zero-order chi connectivity index (χ0) is 6.91. The quantitative estimate of drug-likeness (QED) is 0.520. The molecule has 0 aliphatic heterocycles. The van der Waals surface area contributed by atoms with Crippen LogP contribution in [0.5, 0.6) is 0 Å². The zero-order valence-corrected chi connectivity index (χ0v) is 5.72. The first-order valence-corrected chi connectivity index (χ1v) is 3.37. The second-order valence-electron chi connectivity index (χ2n) is 2.92. The highest BCUT2D eigenvalue weighted by Gasteiger charge is 2.33. The van der Waals surface area contributed by atoms with Crippen molar-refractivity contribution in [3.63, 3.8) is 0 Å². The summed E-state index contributed by atoms with van der Waals surface area (Å²) in [6.45, 7) is 1.72. The molecule has 0 heterocycles. The number of hydrogen-bond donors (Lipinski definition) is 1. The molecule has 1 nitrogen and oxygen atoms in total. The molecule has 1 saturated carbocycles. The van der Waals surface area contributed by atoms with Crippen LogP contribution in [0.25, 0.3) is 0 Å².